The van der Waals surface area contributed by atoms with Crippen LogP contribution < -0.4 is 18.9 Å². The van der Waals surface area contributed by atoms with Gasteiger partial charge in [0.25, 0.3) is 0 Å². The second-order valence-electron chi connectivity index (χ2n) is 5.53. The second kappa shape index (κ2) is 8.14. The molecule has 0 fully saturated rings. The first kappa shape index (κ1) is 21.6. The van der Waals surface area contributed by atoms with E-state index in [1.54, 1.807) is 0 Å². The van der Waals surface area contributed by atoms with Crippen LogP contribution in [0.1, 0.15) is 27.0 Å². The first-order valence-corrected chi connectivity index (χ1v) is 8.14. The van der Waals surface area contributed by atoms with E-state index in [9.17, 15) is 18.0 Å². The molecule has 6 nitrogen and oxygen atoms in total. The third-order valence-electron chi connectivity index (χ3n) is 3.98. The highest BCUT2D eigenvalue weighted by Crippen LogP contribution is 2.46. The standard InChI is InChI=1S/C18H17ClF3NO5/c1-8-6-9(25-2)15(27-4)16(28-5)11(8)14(24)12-10(26-3)7-23-17(19)13(12)18(20,21)22/h6-7H,1-5H3. The number of ketones is 1. The lowest BCUT2D eigenvalue weighted by Crippen LogP contribution is -2.18. The van der Waals surface area contributed by atoms with Gasteiger partial charge >= 0.3 is 6.18 Å². The Balaban J connectivity index is 2.90. The summed E-state index contributed by atoms with van der Waals surface area (Å²) in [5, 5.41) is -0.867. The molecule has 0 aliphatic rings. The van der Waals surface area contributed by atoms with Gasteiger partial charge in [0.2, 0.25) is 11.5 Å². The minimum absolute atomic E-state index is 0.0617. The van der Waals surface area contributed by atoms with Crippen molar-refractivity contribution in [1.82, 2.24) is 4.98 Å². The molecule has 1 heterocycles. The van der Waals surface area contributed by atoms with E-state index >= 15 is 0 Å². The van der Waals surface area contributed by atoms with E-state index in [-0.39, 0.29) is 28.6 Å². The summed E-state index contributed by atoms with van der Waals surface area (Å²) in [4.78, 5) is 16.7. The molecular formula is C18H17ClF3NO5. The fourth-order valence-electron chi connectivity index (χ4n) is 2.80. The van der Waals surface area contributed by atoms with Crippen molar-refractivity contribution in [2.24, 2.45) is 0 Å². The molecular weight excluding hydrogens is 403 g/mol. The molecule has 152 valence electrons. The lowest BCUT2D eigenvalue weighted by atomic mass is 9.94. The summed E-state index contributed by atoms with van der Waals surface area (Å²) in [6.45, 7) is 1.53. The number of hydrogen-bond acceptors (Lipinski definition) is 6. The van der Waals surface area contributed by atoms with Gasteiger partial charge < -0.3 is 18.9 Å². The Morgan fingerprint density at radius 3 is 2.00 bits per heavy atom. The largest absolute Gasteiger partial charge is 0.494 e. The number of pyridine rings is 1. The fourth-order valence-corrected chi connectivity index (χ4v) is 3.05. The average Bonchev–Trinajstić information content (AvgIpc) is 2.64. The molecule has 0 aliphatic carbocycles. The number of carbonyl (C=O) groups is 1. The van der Waals surface area contributed by atoms with Crippen LogP contribution >= 0.6 is 11.6 Å². The number of methoxy groups -OCH3 is 4. The normalized spacial score (nSPS) is 11.2. The summed E-state index contributed by atoms with van der Waals surface area (Å²) < 4.78 is 61.6. The van der Waals surface area contributed by atoms with Crippen LogP contribution in [0.4, 0.5) is 13.2 Å². The maximum atomic E-state index is 13.6. The van der Waals surface area contributed by atoms with Gasteiger partial charge in [-0.3, -0.25) is 4.79 Å². The van der Waals surface area contributed by atoms with Gasteiger partial charge in [0.05, 0.1) is 45.8 Å². The van der Waals surface area contributed by atoms with Gasteiger partial charge in [0.15, 0.2) is 11.5 Å². The molecule has 2 rings (SSSR count). The Morgan fingerprint density at radius 2 is 1.54 bits per heavy atom. The summed E-state index contributed by atoms with van der Waals surface area (Å²) in [5.41, 5.74) is -2.01. The van der Waals surface area contributed by atoms with Crippen molar-refractivity contribution in [2.45, 2.75) is 13.1 Å². The van der Waals surface area contributed by atoms with Crippen LogP contribution in [0.15, 0.2) is 12.3 Å². The molecule has 0 bridgehead atoms. The van der Waals surface area contributed by atoms with E-state index in [0.29, 0.717) is 5.56 Å². The fraction of sp³-hybridized carbons (Fsp3) is 0.333. The number of nitrogens with zero attached hydrogens (tertiary/aromatic N) is 1. The van der Waals surface area contributed by atoms with Crippen molar-refractivity contribution in [3.63, 3.8) is 0 Å². The summed E-state index contributed by atoms with van der Waals surface area (Å²) in [6, 6.07) is 1.46. The molecule has 28 heavy (non-hydrogen) atoms. The quantitative estimate of drug-likeness (QED) is 0.513. The van der Waals surface area contributed by atoms with Gasteiger partial charge in [-0.1, -0.05) is 11.6 Å². The number of halogens is 4. The van der Waals surface area contributed by atoms with Gasteiger partial charge in [0.1, 0.15) is 16.5 Å². The molecule has 0 unspecified atom stereocenters. The number of benzene rings is 1. The Kier molecular flexibility index (Phi) is 6.28. The number of ether oxygens (including phenoxy) is 4. The predicted molar refractivity (Wildman–Crippen MR) is 95.1 cm³/mol. The number of hydrogen-bond donors (Lipinski definition) is 0. The van der Waals surface area contributed by atoms with Crippen LogP contribution in [-0.4, -0.2) is 39.2 Å². The van der Waals surface area contributed by atoms with Crippen LogP contribution in [0.25, 0.3) is 0 Å². The zero-order valence-corrected chi connectivity index (χ0v) is 16.4. The number of alkyl halides is 3. The highest BCUT2D eigenvalue weighted by molar-refractivity contribution is 6.31. The van der Waals surface area contributed by atoms with Crippen molar-refractivity contribution in [3.05, 3.63) is 39.7 Å². The SMILES string of the molecule is COc1cc(C)c(C(=O)c2c(OC)cnc(Cl)c2C(F)(F)F)c(OC)c1OC. The summed E-state index contributed by atoms with van der Waals surface area (Å²) in [6.07, 6.45) is -3.99. The molecule has 0 amide bonds. The molecule has 1 aromatic heterocycles. The van der Waals surface area contributed by atoms with E-state index < -0.39 is 28.2 Å². The van der Waals surface area contributed by atoms with Gasteiger partial charge in [-0.15, -0.1) is 0 Å². The highest BCUT2D eigenvalue weighted by Gasteiger charge is 2.41. The lowest BCUT2D eigenvalue weighted by Gasteiger charge is -2.20. The van der Waals surface area contributed by atoms with E-state index in [4.69, 9.17) is 30.5 Å². The Bertz CT molecular complexity index is 915. The Labute approximate surface area is 164 Å². The number of rotatable bonds is 6. The predicted octanol–water partition coefficient (Wildman–Crippen LogP) is 4.33. The molecule has 2 aromatic rings. The molecule has 0 atom stereocenters. The molecule has 0 N–H and O–H groups in total. The second-order valence-corrected chi connectivity index (χ2v) is 5.89. The molecule has 0 saturated heterocycles. The Morgan fingerprint density at radius 1 is 0.964 bits per heavy atom. The maximum Gasteiger partial charge on any atom is 0.420 e. The minimum Gasteiger partial charge on any atom is -0.494 e. The summed E-state index contributed by atoms with van der Waals surface area (Å²) >= 11 is 5.68. The summed E-state index contributed by atoms with van der Waals surface area (Å²) in [7, 11) is 5.08. The highest BCUT2D eigenvalue weighted by atomic mass is 35.5. The monoisotopic (exact) mass is 419 g/mol. The maximum absolute atomic E-state index is 13.6. The molecule has 0 saturated carbocycles. The zero-order valence-electron chi connectivity index (χ0n) is 15.7. The van der Waals surface area contributed by atoms with E-state index in [1.807, 2.05) is 0 Å². The first-order chi connectivity index (χ1) is 13.1. The smallest absolute Gasteiger partial charge is 0.420 e. The minimum atomic E-state index is -4.94. The summed E-state index contributed by atoms with van der Waals surface area (Å²) in [5.74, 6) is -1.15. The molecule has 0 aliphatic heterocycles. The number of carbonyl (C=O) groups excluding carboxylic acids is 1. The third kappa shape index (κ3) is 3.66. The van der Waals surface area contributed by atoms with Gasteiger partial charge in [0, 0.05) is 0 Å². The van der Waals surface area contributed by atoms with E-state index in [1.165, 1.54) is 34.3 Å². The molecule has 0 spiro atoms. The number of aryl methyl sites for hydroxylation is 1. The van der Waals surface area contributed by atoms with E-state index in [0.717, 1.165) is 13.3 Å². The molecule has 0 radical (unpaired) electrons. The van der Waals surface area contributed by atoms with Gasteiger partial charge in [-0.05, 0) is 18.6 Å². The van der Waals surface area contributed by atoms with Crippen molar-refractivity contribution >= 4 is 17.4 Å². The van der Waals surface area contributed by atoms with Crippen LogP contribution in [0.3, 0.4) is 0 Å². The third-order valence-corrected chi connectivity index (χ3v) is 4.27. The topological polar surface area (TPSA) is 66.9 Å². The van der Waals surface area contributed by atoms with Crippen molar-refractivity contribution in [1.29, 1.82) is 0 Å². The Hall–Kier alpha value is -2.68. The van der Waals surface area contributed by atoms with Gasteiger partial charge in [-0.25, -0.2) is 4.98 Å². The van der Waals surface area contributed by atoms with Crippen LogP contribution in [0.2, 0.25) is 5.15 Å². The van der Waals surface area contributed by atoms with Crippen LogP contribution in [0.5, 0.6) is 23.0 Å². The number of aromatic nitrogens is 1. The zero-order chi connectivity index (χ0) is 21.2. The van der Waals surface area contributed by atoms with Gasteiger partial charge in [-0.2, -0.15) is 13.2 Å². The average molecular weight is 420 g/mol. The molecule has 1 aromatic carbocycles. The van der Waals surface area contributed by atoms with E-state index in [2.05, 4.69) is 4.98 Å². The van der Waals surface area contributed by atoms with Crippen molar-refractivity contribution in [3.8, 4) is 23.0 Å². The van der Waals surface area contributed by atoms with Crippen LogP contribution in [-0.2, 0) is 6.18 Å². The molecule has 10 heteroatoms. The lowest BCUT2D eigenvalue weighted by molar-refractivity contribution is -0.138. The van der Waals surface area contributed by atoms with Crippen molar-refractivity contribution < 1.29 is 36.9 Å². The van der Waals surface area contributed by atoms with Crippen molar-refractivity contribution in [2.75, 3.05) is 28.4 Å². The van der Waals surface area contributed by atoms with Crippen LogP contribution in [0, 0.1) is 6.92 Å². The first-order valence-electron chi connectivity index (χ1n) is 7.76.